The van der Waals surface area contributed by atoms with Crippen LogP contribution in [-0.4, -0.2) is 14.8 Å². The van der Waals surface area contributed by atoms with Gasteiger partial charge in [-0.15, -0.1) is 10.2 Å². The molecular formula is C13H15F3N4. The maximum absolute atomic E-state index is 12.4. The number of rotatable bonds is 4. The van der Waals surface area contributed by atoms with Crippen LogP contribution in [0.15, 0.2) is 24.3 Å². The van der Waals surface area contributed by atoms with Gasteiger partial charge in [0.25, 0.3) is 0 Å². The molecular weight excluding hydrogens is 269 g/mol. The van der Waals surface area contributed by atoms with Crippen molar-refractivity contribution in [2.24, 2.45) is 7.05 Å². The summed E-state index contributed by atoms with van der Waals surface area (Å²) in [4.78, 5) is 0. The molecule has 0 saturated carbocycles. The van der Waals surface area contributed by atoms with Gasteiger partial charge < -0.3 is 9.88 Å². The lowest BCUT2D eigenvalue weighted by Crippen LogP contribution is -2.16. The first-order chi connectivity index (χ1) is 9.38. The molecule has 7 heteroatoms. The summed E-state index contributed by atoms with van der Waals surface area (Å²) >= 11 is 0. The molecule has 2 aromatic rings. The molecule has 1 N–H and O–H groups in total. The van der Waals surface area contributed by atoms with Crippen molar-refractivity contribution in [3.05, 3.63) is 47.0 Å². The van der Waals surface area contributed by atoms with Crippen LogP contribution in [0.25, 0.3) is 0 Å². The van der Waals surface area contributed by atoms with Gasteiger partial charge >= 0.3 is 6.18 Å². The molecule has 4 nitrogen and oxygen atoms in total. The first kappa shape index (κ1) is 14.5. The van der Waals surface area contributed by atoms with Crippen LogP contribution in [0.5, 0.6) is 0 Å². The second-order valence-corrected chi connectivity index (χ2v) is 4.52. The number of benzene rings is 1. The Morgan fingerprint density at radius 1 is 1.10 bits per heavy atom. The summed E-state index contributed by atoms with van der Waals surface area (Å²) in [6.45, 7) is 2.84. The van der Waals surface area contributed by atoms with Gasteiger partial charge in [-0.1, -0.05) is 12.1 Å². The fraction of sp³-hybridized carbons (Fsp3) is 0.385. The van der Waals surface area contributed by atoms with Crippen LogP contribution in [0.2, 0.25) is 0 Å². The second-order valence-electron chi connectivity index (χ2n) is 4.52. The van der Waals surface area contributed by atoms with Crippen molar-refractivity contribution in [2.45, 2.75) is 26.2 Å². The van der Waals surface area contributed by atoms with E-state index in [1.807, 2.05) is 18.5 Å². The smallest absolute Gasteiger partial charge is 0.317 e. The van der Waals surface area contributed by atoms with Crippen LogP contribution in [-0.2, 0) is 26.3 Å². The molecule has 2 rings (SSSR count). The minimum absolute atomic E-state index is 0.476. The Balaban J connectivity index is 1.90. The summed E-state index contributed by atoms with van der Waals surface area (Å²) in [5.41, 5.74) is 0.155. The van der Waals surface area contributed by atoms with E-state index in [0.29, 0.717) is 13.1 Å². The van der Waals surface area contributed by atoms with Crippen LogP contribution in [0.4, 0.5) is 13.2 Å². The highest BCUT2D eigenvalue weighted by atomic mass is 19.4. The van der Waals surface area contributed by atoms with E-state index in [1.165, 1.54) is 12.1 Å². The molecule has 1 heterocycles. The third kappa shape index (κ3) is 3.36. The standard InChI is InChI=1S/C13H15F3N4/c1-9-18-19-12(20(9)2)8-17-7-10-3-5-11(6-4-10)13(14,15)16/h3-6,17H,7-8H2,1-2H3. The molecule has 0 aliphatic heterocycles. The monoisotopic (exact) mass is 284 g/mol. The van der Waals surface area contributed by atoms with Gasteiger partial charge in [0.2, 0.25) is 0 Å². The molecule has 20 heavy (non-hydrogen) atoms. The van der Waals surface area contributed by atoms with E-state index in [9.17, 15) is 13.2 Å². The Morgan fingerprint density at radius 3 is 2.25 bits per heavy atom. The number of aromatic nitrogens is 3. The Bertz CT molecular complexity index is 572. The zero-order valence-electron chi connectivity index (χ0n) is 11.2. The van der Waals surface area contributed by atoms with Crippen molar-refractivity contribution in [3.63, 3.8) is 0 Å². The van der Waals surface area contributed by atoms with Gasteiger partial charge in [-0.2, -0.15) is 13.2 Å². The van der Waals surface area contributed by atoms with E-state index in [1.54, 1.807) is 0 Å². The average molecular weight is 284 g/mol. The minimum Gasteiger partial charge on any atom is -0.317 e. The Hall–Kier alpha value is -1.89. The fourth-order valence-electron chi connectivity index (χ4n) is 1.74. The molecule has 0 atom stereocenters. The summed E-state index contributed by atoms with van der Waals surface area (Å²) < 4.78 is 39.1. The number of hydrogen-bond donors (Lipinski definition) is 1. The number of aryl methyl sites for hydroxylation is 1. The molecule has 0 unspecified atom stereocenters. The highest BCUT2D eigenvalue weighted by Gasteiger charge is 2.29. The third-order valence-electron chi connectivity index (χ3n) is 3.08. The van der Waals surface area contributed by atoms with Crippen molar-refractivity contribution < 1.29 is 13.2 Å². The number of nitrogens with zero attached hydrogens (tertiary/aromatic N) is 3. The van der Waals surface area contributed by atoms with Gasteiger partial charge in [0, 0.05) is 13.6 Å². The van der Waals surface area contributed by atoms with Crippen LogP contribution in [0.3, 0.4) is 0 Å². The number of alkyl halides is 3. The van der Waals surface area contributed by atoms with Gasteiger partial charge in [-0.05, 0) is 24.6 Å². The van der Waals surface area contributed by atoms with Gasteiger partial charge in [-0.25, -0.2) is 0 Å². The zero-order chi connectivity index (χ0) is 14.8. The highest BCUT2D eigenvalue weighted by Crippen LogP contribution is 2.28. The molecule has 1 aromatic heterocycles. The van der Waals surface area contributed by atoms with E-state index in [-0.39, 0.29) is 0 Å². The maximum atomic E-state index is 12.4. The molecule has 0 aliphatic rings. The highest BCUT2D eigenvalue weighted by molar-refractivity contribution is 5.24. The zero-order valence-corrected chi connectivity index (χ0v) is 11.2. The lowest BCUT2D eigenvalue weighted by Gasteiger charge is -2.08. The number of hydrogen-bond acceptors (Lipinski definition) is 3. The first-order valence-corrected chi connectivity index (χ1v) is 6.09. The van der Waals surface area contributed by atoms with Crippen molar-refractivity contribution in [2.75, 3.05) is 0 Å². The van der Waals surface area contributed by atoms with Crippen LogP contribution < -0.4 is 5.32 Å². The normalized spacial score (nSPS) is 11.8. The summed E-state index contributed by atoms with van der Waals surface area (Å²) in [6.07, 6.45) is -4.29. The lowest BCUT2D eigenvalue weighted by molar-refractivity contribution is -0.137. The molecule has 108 valence electrons. The molecule has 0 amide bonds. The summed E-state index contributed by atoms with van der Waals surface area (Å²) in [6, 6.07) is 5.11. The van der Waals surface area contributed by atoms with Gasteiger partial charge in [0.05, 0.1) is 12.1 Å². The van der Waals surface area contributed by atoms with Crippen molar-refractivity contribution in [3.8, 4) is 0 Å². The molecule has 0 saturated heterocycles. The summed E-state index contributed by atoms with van der Waals surface area (Å²) in [5.74, 6) is 1.60. The molecule has 1 aromatic carbocycles. The van der Waals surface area contributed by atoms with Gasteiger partial charge in [0.15, 0.2) is 0 Å². The Kier molecular flexibility index (Phi) is 4.08. The van der Waals surface area contributed by atoms with Crippen LogP contribution >= 0.6 is 0 Å². The first-order valence-electron chi connectivity index (χ1n) is 6.09. The topological polar surface area (TPSA) is 42.7 Å². The fourth-order valence-corrected chi connectivity index (χ4v) is 1.74. The lowest BCUT2D eigenvalue weighted by atomic mass is 10.1. The van der Waals surface area contributed by atoms with Crippen LogP contribution in [0, 0.1) is 6.92 Å². The third-order valence-corrected chi connectivity index (χ3v) is 3.08. The van der Waals surface area contributed by atoms with E-state index in [0.717, 1.165) is 29.3 Å². The Morgan fingerprint density at radius 2 is 1.75 bits per heavy atom. The summed E-state index contributed by atoms with van der Waals surface area (Å²) in [7, 11) is 1.87. The average Bonchev–Trinajstić information content (AvgIpc) is 2.70. The molecule has 0 radical (unpaired) electrons. The van der Waals surface area contributed by atoms with Crippen molar-refractivity contribution >= 4 is 0 Å². The van der Waals surface area contributed by atoms with Crippen molar-refractivity contribution in [1.82, 2.24) is 20.1 Å². The Labute approximate surface area is 114 Å². The largest absolute Gasteiger partial charge is 0.416 e. The minimum atomic E-state index is -4.29. The molecule has 0 bridgehead atoms. The van der Waals surface area contributed by atoms with E-state index >= 15 is 0 Å². The second kappa shape index (κ2) is 5.62. The van der Waals surface area contributed by atoms with Crippen molar-refractivity contribution in [1.29, 1.82) is 0 Å². The SMILES string of the molecule is Cc1nnc(CNCc2ccc(C(F)(F)F)cc2)n1C. The number of nitrogens with one attached hydrogen (secondary N) is 1. The van der Waals surface area contributed by atoms with E-state index in [2.05, 4.69) is 15.5 Å². The quantitative estimate of drug-likeness (QED) is 0.937. The van der Waals surface area contributed by atoms with E-state index in [4.69, 9.17) is 0 Å². The molecule has 0 fully saturated rings. The number of halogens is 3. The van der Waals surface area contributed by atoms with Crippen LogP contribution in [0.1, 0.15) is 22.8 Å². The molecule has 0 aliphatic carbocycles. The van der Waals surface area contributed by atoms with Gasteiger partial charge in [-0.3, -0.25) is 0 Å². The predicted octanol–water partition coefficient (Wildman–Crippen LogP) is 2.43. The van der Waals surface area contributed by atoms with Gasteiger partial charge in [0.1, 0.15) is 11.6 Å². The van der Waals surface area contributed by atoms with E-state index < -0.39 is 11.7 Å². The molecule has 0 spiro atoms. The predicted molar refractivity (Wildman–Crippen MR) is 67.7 cm³/mol. The summed E-state index contributed by atoms with van der Waals surface area (Å²) in [5, 5.41) is 11.0. The maximum Gasteiger partial charge on any atom is 0.416 e.